The van der Waals surface area contributed by atoms with Gasteiger partial charge in [0.25, 0.3) is 0 Å². The second kappa shape index (κ2) is 5.84. The Morgan fingerprint density at radius 2 is 1.94 bits per heavy atom. The van der Waals surface area contributed by atoms with E-state index in [2.05, 4.69) is 54.9 Å². The standard InChI is InChI=1S/C13H24N4/c1-7-11-15-12(14-5)10(4)13(16-11)17(6)8-9(2)3/h9H,7-8H2,1-6H3,(H,14,15,16). The molecule has 0 spiro atoms. The van der Waals surface area contributed by atoms with E-state index in [-0.39, 0.29) is 0 Å². The monoisotopic (exact) mass is 236 g/mol. The molecular formula is C13H24N4. The van der Waals surface area contributed by atoms with E-state index in [9.17, 15) is 0 Å². The predicted molar refractivity (Wildman–Crippen MR) is 73.8 cm³/mol. The first-order chi connectivity index (χ1) is 7.99. The number of hydrogen-bond donors (Lipinski definition) is 1. The minimum atomic E-state index is 0.623. The highest BCUT2D eigenvalue weighted by molar-refractivity contribution is 5.58. The Morgan fingerprint density at radius 1 is 1.29 bits per heavy atom. The van der Waals surface area contributed by atoms with Crippen molar-refractivity contribution in [1.29, 1.82) is 0 Å². The molecule has 0 atom stereocenters. The summed E-state index contributed by atoms with van der Waals surface area (Å²) in [5, 5.41) is 3.14. The maximum Gasteiger partial charge on any atom is 0.137 e. The molecule has 0 aliphatic rings. The van der Waals surface area contributed by atoms with Gasteiger partial charge in [-0.05, 0) is 12.8 Å². The van der Waals surface area contributed by atoms with Crippen molar-refractivity contribution >= 4 is 11.6 Å². The van der Waals surface area contributed by atoms with Crippen molar-refractivity contribution in [2.24, 2.45) is 5.92 Å². The van der Waals surface area contributed by atoms with Crippen molar-refractivity contribution in [3.8, 4) is 0 Å². The van der Waals surface area contributed by atoms with Crippen LogP contribution in [-0.4, -0.2) is 30.6 Å². The van der Waals surface area contributed by atoms with Crippen LogP contribution >= 0.6 is 0 Å². The lowest BCUT2D eigenvalue weighted by Crippen LogP contribution is -2.25. The lowest BCUT2D eigenvalue weighted by molar-refractivity contribution is 0.632. The van der Waals surface area contributed by atoms with Gasteiger partial charge in [0.1, 0.15) is 17.5 Å². The van der Waals surface area contributed by atoms with E-state index in [1.54, 1.807) is 0 Å². The molecule has 0 unspecified atom stereocenters. The normalized spacial score (nSPS) is 10.8. The predicted octanol–water partition coefficient (Wildman–Crippen LogP) is 2.48. The van der Waals surface area contributed by atoms with Gasteiger partial charge in [-0.15, -0.1) is 0 Å². The summed E-state index contributed by atoms with van der Waals surface area (Å²) in [6, 6.07) is 0. The minimum Gasteiger partial charge on any atom is -0.373 e. The molecule has 17 heavy (non-hydrogen) atoms. The fourth-order valence-corrected chi connectivity index (χ4v) is 1.96. The Kier molecular flexibility index (Phi) is 4.73. The zero-order valence-electron chi connectivity index (χ0n) is 11.8. The van der Waals surface area contributed by atoms with Gasteiger partial charge in [-0.1, -0.05) is 20.8 Å². The van der Waals surface area contributed by atoms with Crippen LogP contribution in [0.25, 0.3) is 0 Å². The Bertz CT molecular complexity index is 374. The third kappa shape index (κ3) is 3.32. The van der Waals surface area contributed by atoms with Crippen molar-refractivity contribution < 1.29 is 0 Å². The molecule has 1 N–H and O–H groups in total. The topological polar surface area (TPSA) is 41.1 Å². The van der Waals surface area contributed by atoms with Crippen LogP contribution in [0.2, 0.25) is 0 Å². The van der Waals surface area contributed by atoms with Gasteiger partial charge in [-0.25, -0.2) is 9.97 Å². The number of hydrogen-bond acceptors (Lipinski definition) is 4. The molecule has 96 valence electrons. The average molecular weight is 236 g/mol. The largest absolute Gasteiger partial charge is 0.373 e. The highest BCUT2D eigenvalue weighted by atomic mass is 15.2. The molecule has 4 heteroatoms. The molecule has 0 saturated carbocycles. The van der Waals surface area contributed by atoms with Crippen molar-refractivity contribution in [2.75, 3.05) is 30.9 Å². The molecule has 0 fully saturated rings. The molecule has 0 bridgehead atoms. The van der Waals surface area contributed by atoms with Crippen LogP contribution in [0.15, 0.2) is 0 Å². The molecule has 1 aromatic heterocycles. The Balaban J connectivity index is 3.12. The first kappa shape index (κ1) is 13.7. The van der Waals surface area contributed by atoms with Gasteiger partial charge in [0, 0.05) is 32.6 Å². The number of nitrogens with zero attached hydrogens (tertiary/aromatic N) is 3. The van der Waals surface area contributed by atoms with Crippen LogP contribution in [0.3, 0.4) is 0 Å². The van der Waals surface area contributed by atoms with E-state index in [1.165, 1.54) is 0 Å². The molecule has 1 heterocycles. The Labute approximate surface area is 104 Å². The summed E-state index contributed by atoms with van der Waals surface area (Å²) in [5.41, 5.74) is 1.12. The number of nitrogens with one attached hydrogen (secondary N) is 1. The summed E-state index contributed by atoms with van der Waals surface area (Å²) >= 11 is 0. The van der Waals surface area contributed by atoms with E-state index in [1.807, 2.05) is 7.05 Å². The van der Waals surface area contributed by atoms with E-state index in [4.69, 9.17) is 0 Å². The van der Waals surface area contributed by atoms with Gasteiger partial charge in [0.05, 0.1) is 0 Å². The Morgan fingerprint density at radius 3 is 2.41 bits per heavy atom. The van der Waals surface area contributed by atoms with Crippen molar-refractivity contribution in [3.63, 3.8) is 0 Å². The van der Waals surface area contributed by atoms with Gasteiger partial charge >= 0.3 is 0 Å². The number of rotatable bonds is 5. The number of anilines is 2. The van der Waals surface area contributed by atoms with Crippen LogP contribution in [-0.2, 0) is 6.42 Å². The fourth-order valence-electron chi connectivity index (χ4n) is 1.96. The van der Waals surface area contributed by atoms with E-state index < -0.39 is 0 Å². The van der Waals surface area contributed by atoms with E-state index in [0.717, 1.165) is 36.0 Å². The lowest BCUT2D eigenvalue weighted by Gasteiger charge is -2.23. The SMILES string of the molecule is CCc1nc(NC)c(C)c(N(C)CC(C)C)n1. The Hall–Kier alpha value is -1.32. The van der Waals surface area contributed by atoms with Crippen LogP contribution in [0, 0.1) is 12.8 Å². The maximum atomic E-state index is 4.63. The summed E-state index contributed by atoms with van der Waals surface area (Å²) in [4.78, 5) is 11.3. The third-order valence-electron chi connectivity index (χ3n) is 2.72. The molecule has 0 amide bonds. The lowest BCUT2D eigenvalue weighted by atomic mass is 10.2. The second-order valence-electron chi connectivity index (χ2n) is 4.81. The van der Waals surface area contributed by atoms with Crippen molar-refractivity contribution in [3.05, 3.63) is 11.4 Å². The summed E-state index contributed by atoms with van der Waals surface area (Å²) in [6.45, 7) is 9.58. The van der Waals surface area contributed by atoms with Gasteiger partial charge in [0.15, 0.2) is 0 Å². The van der Waals surface area contributed by atoms with Crippen LogP contribution in [0.1, 0.15) is 32.2 Å². The van der Waals surface area contributed by atoms with Gasteiger partial charge < -0.3 is 10.2 Å². The summed E-state index contributed by atoms with van der Waals surface area (Å²) in [5.74, 6) is 3.49. The molecule has 0 saturated heterocycles. The molecule has 1 rings (SSSR count). The molecule has 4 nitrogen and oxygen atoms in total. The molecular weight excluding hydrogens is 212 g/mol. The highest BCUT2D eigenvalue weighted by Gasteiger charge is 2.13. The van der Waals surface area contributed by atoms with Crippen molar-refractivity contribution in [2.45, 2.75) is 34.1 Å². The average Bonchev–Trinajstić information content (AvgIpc) is 2.28. The van der Waals surface area contributed by atoms with Gasteiger partial charge in [-0.3, -0.25) is 0 Å². The van der Waals surface area contributed by atoms with Crippen molar-refractivity contribution in [1.82, 2.24) is 9.97 Å². The first-order valence-electron chi connectivity index (χ1n) is 6.26. The maximum absolute atomic E-state index is 4.63. The number of aryl methyl sites for hydroxylation is 1. The van der Waals surface area contributed by atoms with E-state index in [0.29, 0.717) is 5.92 Å². The van der Waals surface area contributed by atoms with Gasteiger partial charge in [0.2, 0.25) is 0 Å². The first-order valence-corrected chi connectivity index (χ1v) is 6.26. The summed E-state index contributed by atoms with van der Waals surface area (Å²) < 4.78 is 0. The molecule has 1 aromatic rings. The smallest absolute Gasteiger partial charge is 0.137 e. The minimum absolute atomic E-state index is 0.623. The summed E-state index contributed by atoms with van der Waals surface area (Å²) in [7, 11) is 4.00. The number of aromatic nitrogens is 2. The zero-order valence-corrected chi connectivity index (χ0v) is 11.8. The van der Waals surface area contributed by atoms with Crippen LogP contribution in [0.5, 0.6) is 0 Å². The highest BCUT2D eigenvalue weighted by Crippen LogP contribution is 2.23. The quantitative estimate of drug-likeness (QED) is 0.852. The molecule has 0 aromatic carbocycles. The molecule has 0 aliphatic carbocycles. The third-order valence-corrected chi connectivity index (χ3v) is 2.72. The fraction of sp³-hybridized carbons (Fsp3) is 0.692. The second-order valence-corrected chi connectivity index (χ2v) is 4.81. The van der Waals surface area contributed by atoms with Crippen LogP contribution < -0.4 is 10.2 Å². The van der Waals surface area contributed by atoms with E-state index >= 15 is 0 Å². The summed E-state index contributed by atoms with van der Waals surface area (Å²) in [6.07, 6.45) is 0.859. The zero-order chi connectivity index (χ0) is 13.0. The van der Waals surface area contributed by atoms with Gasteiger partial charge in [-0.2, -0.15) is 0 Å². The van der Waals surface area contributed by atoms with Crippen LogP contribution in [0.4, 0.5) is 11.6 Å². The molecule has 0 radical (unpaired) electrons. The molecule has 0 aliphatic heterocycles.